The lowest BCUT2D eigenvalue weighted by molar-refractivity contribution is 0.565. The Hall–Kier alpha value is -2.20. The minimum atomic E-state index is 0.465. The molecule has 0 aliphatic rings. The Kier molecular flexibility index (Phi) is 3.97. The second-order valence-corrected chi connectivity index (χ2v) is 5.54. The van der Waals surface area contributed by atoms with Crippen molar-refractivity contribution in [1.29, 1.82) is 0 Å². The number of rotatable bonds is 5. The largest absolute Gasteiger partial charge is 0.329 e. The normalized spacial score (nSPS) is 11.4. The molecule has 0 fully saturated rings. The first kappa shape index (κ1) is 13.8. The number of hydrogen-bond acceptors (Lipinski definition) is 3. The molecule has 0 atom stereocenters. The van der Waals surface area contributed by atoms with Crippen LogP contribution in [-0.2, 0) is 13.1 Å². The Bertz CT molecular complexity index is 725. The maximum atomic E-state index is 4.52. The number of fused-ring (bicyclic) bond motifs is 1. The van der Waals surface area contributed by atoms with E-state index in [1.54, 1.807) is 0 Å². The zero-order chi connectivity index (χ0) is 14.7. The molecule has 3 rings (SSSR count). The molecule has 0 radical (unpaired) electrons. The average molecular weight is 280 g/mol. The first-order valence-electron chi connectivity index (χ1n) is 7.29. The lowest BCUT2D eigenvalue weighted by atomic mass is 10.1. The van der Waals surface area contributed by atoms with Crippen LogP contribution in [0.4, 0.5) is 0 Å². The summed E-state index contributed by atoms with van der Waals surface area (Å²) in [6.07, 6.45) is 5.66. The highest BCUT2D eigenvalue weighted by Crippen LogP contribution is 2.17. The van der Waals surface area contributed by atoms with E-state index in [4.69, 9.17) is 0 Å². The van der Waals surface area contributed by atoms with Crippen molar-refractivity contribution in [2.45, 2.75) is 33.0 Å². The molecule has 0 bridgehead atoms. The van der Waals surface area contributed by atoms with E-state index in [1.807, 2.05) is 24.8 Å². The molecular weight excluding hydrogens is 260 g/mol. The number of pyridine rings is 1. The molecule has 0 amide bonds. The first-order valence-corrected chi connectivity index (χ1v) is 7.29. The van der Waals surface area contributed by atoms with E-state index in [0.29, 0.717) is 6.04 Å². The van der Waals surface area contributed by atoms with Gasteiger partial charge in [-0.05, 0) is 11.6 Å². The molecular formula is C17H20N4. The van der Waals surface area contributed by atoms with Gasteiger partial charge in [-0.25, -0.2) is 4.98 Å². The third-order valence-corrected chi connectivity index (χ3v) is 3.55. The van der Waals surface area contributed by atoms with E-state index in [9.17, 15) is 0 Å². The van der Waals surface area contributed by atoms with E-state index >= 15 is 0 Å². The van der Waals surface area contributed by atoms with E-state index in [0.717, 1.165) is 18.6 Å². The van der Waals surface area contributed by atoms with Crippen LogP contribution in [0.2, 0.25) is 0 Å². The minimum absolute atomic E-state index is 0.465. The molecule has 2 heterocycles. The standard InChI is InChI=1S/C17H20N4/c1-13(2)20-10-16-9-18-12-21(16)11-15-6-3-5-14-7-4-8-19-17(14)15/h3-9,12-13,20H,10-11H2,1-2H3. The summed E-state index contributed by atoms with van der Waals surface area (Å²) in [7, 11) is 0. The van der Waals surface area contributed by atoms with Gasteiger partial charge >= 0.3 is 0 Å². The van der Waals surface area contributed by atoms with Crippen molar-refractivity contribution in [3.8, 4) is 0 Å². The predicted octanol–water partition coefficient (Wildman–Crippen LogP) is 2.98. The van der Waals surface area contributed by atoms with Crippen LogP contribution in [0.1, 0.15) is 25.1 Å². The van der Waals surface area contributed by atoms with Crippen LogP contribution in [0.3, 0.4) is 0 Å². The second-order valence-electron chi connectivity index (χ2n) is 5.54. The third-order valence-electron chi connectivity index (χ3n) is 3.55. The van der Waals surface area contributed by atoms with Gasteiger partial charge in [-0.3, -0.25) is 4.98 Å². The van der Waals surface area contributed by atoms with E-state index in [-0.39, 0.29) is 0 Å². The molecule has 0 saturated carbocycles. The second kappa shape index (κ2) is 6.06. The highest BCUT2D eigenvalue weighted by Gasteiger charge is 2.06. The molecule has 0 spiro atoms. The van der Waals surface area contributed by atoms with Crippen LogP contribution in [-0.4, -0.2) is 20.6 Å². The van der Waals surface area contributed by atoms with E-state index < -0.39 is 0 Å². The van der Waals surface area contributed by atoms with Gasteiger partial charge in [-0.15, -0.1) is 0 Å². The topological polar surface area (TPSA) is 42.7 Å². The summed E-state index contributed by atoms with van der Waals surface area (Å²) < 4.78 is 2.18. The van der Waals surface area contributed by atoms with Gasteiger partial charge in [-0.1, -0.05) is 38.1 Å². The van der Waals surface area contributed by atoms with Crippen LogP contribution in [0, 0.1) is 0 Å². The highest BCUT2D eigenvalue weighted by atomic mass is 15.1. The SMILES string of the molecule is CC(C)NCc1cncn1Cc1cccc2cccnc12. The fourth-order valence-corrected chi connectivity index (χ4v) is 2.42. The number of imidazole rings is 1. The molecule has 0 unspecified atom stereocenters. The van der Waals surface area contributed by atoms with Crippen LogP contribution >= 0.6 is 0 Å². The number of para-hydroxylation sites is 1. The van der Waals surface area contributed by atoms with Gasteiger partial charge in [-0.2, -0.15) is 0 Å². The summed E-state index contributed by atoms with van der Waals surface area (Å²) in [5.74, 6) is 0. The summed E-state index contributed by atoms with van der Waals surface area (Å²) in [6, 6.07) is 10.9. The van der Waals surface area contributed by atoms with Crippen LogP contribution in [0.25, 0.3) is 10.9 Å². The molecule has 4 nitrogen and oxygen atoms in total. The average Bonchev–Trinajstić information content (AvgIpc) is 2.93. The molecule has 0 saturated heterocycles. The fraction of sp³-hybridized carbons (Fsp3) is 0.294. The zero-order valence-electron chi connectivity index (χ0n) is 12.5. The molecule has 3 aromatic rings. The molecule has 21 heavy (non-hydrogen) atoms. The van der Waals surface area contributed by atoms with Crippen molar-refractivity contribution < 1.29 is 0 Å². The lowest BCUT2D eigenvalue weighted by Gasteiger charge is -2.12. The summed E-state index contributed by atoms with van der Waals surface area (Å²) >= 11 is 0. The van der Waals surface area contributed by atoms with Crippen molar-refractivity contribution in [2.24, 2.45) is 0 Å². The van der Waals surface area contributed by atoms with Crippen LogP contribution in [0.5, 0.6) is 0 Å². The van der Waals surface area contributed by atoms with Gasteiger partial charge in [0.05, 0.1) is 24.1 Å². The summed E-state index contributed by atoms with van der Waals surface area (Å²) in [6.45, 7) is 5.92. The molecule has 4 heteroatoms. The Morgan fingerprint density at radius 1 is 1.19 bits per heavy atom. The van der Waals surface area contributed by atoms with Gasteiger partial charge < -0.3 is 9.88 Å². The maximum Gasteiger partial charge on any atom is 0.0951 e. The number of benzene rings is 1. The summed E-state index contributed by atoms with van der Waals surface area (Å²) in [5, 5.41) is 4.61. The number of nitrogens with one attached hydrogen (secondary N) is 1. The minimum Gasteiger partial charge on any atom is -0.329 e. The summed E-state index contributed by atoms with van der Waals surface area (Å²) in [5.41, 5.74) is 3.48. The van der Waals surface area contributed by atoms with Gasteiger partial charge in [0.25, 0.3) is 0 Å². The first-order chi connectivity index (χ1) is 10.2. The monoisotopic (exact) mass is 280 g/mol. The molecule has 0 aliphatic carbocycles. The van der Waals surface area contributed by atoms with Gasteiger partial charge in [0.15, 0.2) is 0 Å². The number of aromatic nitrogens is 3. The number of hydrogen-bond donors (Lipinski definition) is 1. The quantitative estimate of drug-likeness (QED) is 0.781. The third kappa shape index (κ3) is 3.11. The zero-order valence-corrected chi connectivity index (χ0v) is 12.5. The number of nitrogens with zero attached hydrogens (tertiary/aromatic N) is 3. The molecule has 0 aliphatic heterocycles. The van der Waals surface area contributed by atoms with Crippen molar-refractivity contribution in [2.75, 3.05) is 0 Å². The predicted molar refractivity (Wildman–Crippen MR) is 85.0 cm³/mol. The Morgan fingerprint density at radius 2 is 2.05 bits per heavy atom. The van der Waals surface area contributed by atoms with Crippen LogP contribution in [0.15, 0.2) is 49.1 Å². The van der Waals surface area contributed by atoms with Crippen molar-refractivity contribution in [3.63, 3.8) is 0 Å². The molecule has 2 aromatic heterocycles. The van der Waals surface area contributed by atoms with Gasteiger partial charge in [0, 0.05) is 30.4 Å². The van der Waals surface area contributed by atoms with Crippen molar-refractivity contribution >= 4 is 10.9 Å². The van der Waals surface area contributed by atoms with Gasteiger partial charge in [0.2, 0.25) is 0 Å². The van der Waals surface area contributed by atoms with Crippen LogP contribution < -0.4 is 5.32 Å². The van der Waals surface area contributed by atoms with E-state index in [2.05, 4.69) is 58.0 Å². The molecule has 1 aromatic carbocycles. The highest BCUT2D eigenvalue weighted by molar-refractivity contribution is 5.81. The fourth-order valence-electron chi connectivity index (χ4n) is 2.42. The van der Waals surface area contributed by atoms with Crippen molar-refractivity contribution in [3.05, 3.63) is 60.3 Å². The maximum absolute atomic E-state index is 4.52. The Labute approximate surface area is 124 Å². The molecule has 108 valence electrons. The Balaban J connectivity index is 1.87. The van der Waals surface area contributed by atoms with Crippen molar-refractivity contribution in [1.82, 2.24) is 19.9 Å². The van der Waals surface area contributed by atoms with E-state index in [1.165, 1.54) is 16.6 Å². The lowest BCUT2D eigenvalue weighted by Crippen LogP contribution is -2.23. The van der Waals surface area contributed by atoms with Gasteiger partial charge in [0.1, 0.15) is 0 Å². The smallest absolute Gasteiger partial charge is 0.0951 e. The molecule has 1 N–H and O–H groups in total. The Morgan fingerprint density at radius 3 is 2.90 bits per heavy atom. The summed E-state index contributed by atoms with van der Waals surface area (Å²) in [4.78, 5) is 8.80.